The first-order valence-electron chi connectivity index (χ1n) is 9.56. The number of nitrogens with zero attached hydrogens (tertiary/aromatic N) is 3. The van der Waals surface area contributed by atoms with Crippen molar-refractivity contribution < 1.29 is 4.79 Å². The number of carbonyl (C=O) groups excluding carboxylic acids is 1. The van der Waals surface area contributed by atoms with Gasteiger partial charge < -0.3 is 0 Å². The summed E-state index contributed by atoms with van der Waals surface area (Å²) in [5.41, 5.74) is 3.29. The van der Waals surface area contributed by atoms with Crippen LogP contribution < -0.4 is 5.69 Å². The molecule has 5 nitrogen and oxygen atoms in total. The largest absolute Gasteiger partial charge is 0.349 e. The van der Waals surface area contributed by atoms with E-state index in [1.165, 1.54) is 11.8 Å². The lowest BCUT2D eigenvalue weighted by Gasteiger charge is -2.22. The fourth-order valence-corrected chi connectivity index (χ4v) is 4.63. The molecule has 29 heavy (non-hydrogen) atoms. The molecule has 0 saturated carbocycles. The monoisotopic (exact) mass is 425 g/mol. The Hall–Kier alpha value is -2.44. The molecule has 1 aliphatic rings. The molecule has 0 amide bonds. The van der Waals surface area contributed by atoms with Gasteiger partial charge in [0.05, 0.1) is 18.0 Å². The second-order valence-corrected chi connectivity index (χ2v) is 8.36. The summed E-state index contributed by atoms with van der Waals surface area (Å²) in [7, 11) is 0. The third-order valence-corrected chi connectivity index (χ3v) is 6.27. The molecule has 0 radical (unpaired) electrons. The molecule has 0 unspecified atom stereocenters. The molecular formula is C22H20ClN3O2S. The molecule has 0 saturated heterocycles. The van der Waals surface area contributed by atoms with Crippen LogP contribution in [0.5, 0.6) is 0 Å². The molecule has 2 aromatic heterocycles. The minimum Gasteiger partial charge on any atom is -0.293 e. The second kappa shape index (κ2) is 8.93. The lowest BCUT2D eigenvalue weighted by atomic mass is 9.97. The molecule has 1 aliphatic carbocycles. The average molecular weight is 426 g/mol. The van der Waals surface area contributed by atoms with Crippen LogP contribution in [0.2, 0.25) is 5.02 Å². The lowest BCUT2D eigenvalue weighted by molar-refractivity contribution is 0.102. The number of aromatic nitrogens is 3. The van der Waals surface area contributed by atoms with E-state index < -0.39 is 0 Å². The third kappa shape index (κ3) is 4.60. The van der Waals surface area contributed by atoms with Crippen molar-refractivity contribution in [3.8, 4) is 0 Å². The molecule has 3 aromatic rings. The van der Waals surface area contributed by atoms with Crippen molar-refractivity contribution in [2.75, 3.05) is 5.75 Å². The Morgan fingerprint density at radius 3 is 2.66 bits per heavy atom. The Bertz CT molecular complexity index is 1080. The van der Waals surface area contributed by atoms with Crippen molar-refractivity contribution in [1.29, 1.82) is 0 Å². The Kier molecular flexibility index (Phi) is 6.11. The van der Waals surface area contributed by atoms with Gasteiger partial charge in [0.1, 0.15) is 5.03 Å². The lowest BCUT2D eigenvalue weighted by Crippen LogP contribution is -2.31. The Morgan fingerprint density at radius 2 is 1.90 bits per heavy atom. The summed E-state index contributed by atoms with van der Waals surface area (Å²) in [6, 6.07) is 12.5. The van der Waals surface area contributed by atoms with E-state index in [-0.39, 0.29) is 17.2 Å². The van der Waals surface area contributed by atoms with Crippen molar-refractivity contribution >= 4 is 29.1 Å². The summed E-state index contributed by atoms with van der Waals surface area (Å²) in [4.78, 5) is 34.0. The van der Waals surface area contributed by atoms with E-state index in [1.54, 1.807) is 35.0 Å². The van der Waals surface area contributed by atoms with Crippen LogP contribution in [0.3, 0.4) is 0 Å². The molecule has 4 rings (SSSR count). The summed E-state index contributed by atoms with van der Waals surface area (Å²) in [5.74, 6) is 0.237. The van der Waals surface area contributed by atoms with Gasteiger partial charge in [-0.05, 0) is 62.1 Å². The van der Waals surface area contributed by atoms with Crippen molar-refractivity contribution in [3.05, 3.63) is 86.7 Å². The third-order valence-electron chi connectivity index (χ3n) is 5.00. The highest BCUT2D eigenvalue weighted by atomic mass is 35.5. The molecule has 1 aromatic carbocycles. The topological polar surface area (TPSA) is 64.8 Å². The zero-order valence-corrected chi connectivity index (χ0v) is 17.4. The number of hydrogen-bond donors (Lipinski definition) is 0. The Morgan fingerprint density at radius 1 is 1.10 bits per heavy atom. The number of Topliss-reactive ketones (excluding diaryl/α,β-unsaturated/α-hetero) is 1. The van der Waals surface area contributed by atoms with Gasteiger partial charge >= 0.3 is 5.69 Å². The van der Waals surface area contributed by atoms with Gasteiger partial charge in [-0.1, -0.05) is 29.4 Å². The SMILES string of the molecule is O=C(CSc1nc(=O)n(Cc2ccccn2)c2c1CCCC2)c1ccc(Cl)cc1. The predicted octanol–water partition coefficient (Wildman–Crippen LogP) is 4.19. The summed E-state index contributed by atoms with van der Waals surface area (Å²) >= 11 is 7.24. The molecule has 0 aliphatic heterocycles. The van der Waals surface area contributed by atoms with Crippen LogP contribution in [0.15, 0.2) is 58.5 Å². The normalized spacial score (nSPS) is 13.1. The van der Waals surface area contributed by atoms with Crippen molar-refractivity contribution in [1.82, 2.24) is 14.5 Å². The first-order chi connectivity index (χ1) is 14.1. The van der Waals surface area contributed by atoms with Gasteiger partial charge in [-0.3, -0.25) is 14.3 Å². The summed E-state index contributed by atoms with van der Waals surface area (Å²) < 4.78 is 1.74. The number of thioether (sulfide) groups is 1. The maximum Gasteiger partial charge on any atom is 0.349 e. The van der Waals surface area contributed by atoms with Crippen LogP contribution >= 0.6 is 23.4 Å². The standard InChI is InChI=1S/C22H20ClN3O2S/c23-16-10-8-15(9-11-16)20(27)14-29-21-18-6-1-2-7-19(18)26(22(28)25-21)13-17-5-3-4-12-24-17/h3-5,8-12H,1-2,6-7,13-14H2. The van der Waals surface area contributed by atoms with Crippen LogP contribution in [-0.2, 0) is 19.4 Å². The first-order valence-corrected chi connectivity index (χ1v) is 10.9. The molecule has 2 heterocycles. The molecule has 0 spiro atoms. The van der Waals surface area contributed by atoms with Crippen LogP contribution in [0.1, 0.15) is 40.2 Å². The molecular weight excluding hydrogens is 406 g/mol. The minimum absolute atomic E-state index is 0.00399. The minimum atomic E-state index is -0.280. The van der Waals surface area contributed by atoms with E-state index in [0.717, 1.165) is 42.6 Å². The van der Waals surface area contributed by atoms with Gasteiger partial charge in [-0.25, -0.2) is 4.79 Å². The molecule has 7 heteroatoms. The van der Waals surface area contributed by atoms with Crippen molar-refractivity contribution in [3.63, 3.8) is 0 Å². The zero-order valence-electron chi connectivity index (χ0n) is 15.8. The second-order valence-electron chi connectivity index (χ2n) is 6.96. The average Bonchev–Trinajstić information content (AvgIpc) is 2.75. The maximum absolute atomic E-state index is 12.8. The van der Waals surface area contributed by atoms with E-state index in [1.807, 2.05) is 18.2 Å². The highest BCUT2D eigenvalue weighted by Crippen LogP contribution is 2.29. The van der Waals surface area contributed by atoms with E-state index in [4.69, 9.17) is 11.6 Å². The quantitative estimate of drug-likeness (QED) is 0.336. The Labute approximate surface area is 178 Å². The van der Waals surface area contributed by atoms with E-state index in [9.17, 15) is 9.59 Å². The number of benzene rings is 1. The van der Waals surface area contributed by atoms with Gasteiger partial charge in [-0.15, -0.1) is 0 Å². The molecule has 0 N–H and O–H groups in total. The van der Waals surface area contributed by atoms with E-state index in [0.29, 0.717) is 22.2 Å². The van der Waals surface area contributed by atoms with Gasteiger partial charge in [-0.2, -0.15) is 4.98 Å². The Balaban J connectivity index is 1.59. The van der Waals surface area contributed by atoms with Crippen LogP contribution in [-0.4, -0.2) is 26.1 Å². The van der Waals surface area contributed by atoms with Gasteiger partial charge in [0.15, 0.2) is 5.78 Å². The molecule has 0 atom stereocenters. The van der Waals surface area contributed by atoms with Crippen molar-refractivity contribution in [2.45, 2.75) is 37.3 Å². The maximum atomic E-state index is 12.8. The van der Waals surface area contributed by atoms with Crippen LogP contribution in [0.25, 0.3) is 0 Å². The number of pyridine rings is 1. The van der Waals surface area contributed by atoms with Crippen LogP contribution in [0, 0.1) is 0 Å². The molecule has 0 fully saturated rings. The zero-order chi connectivity index (χ0) is 20.2. The predicted molar refractivity (Wildman–Crippen MR) is 115 cm³/mol. The highest BCUT2D eigenvalue weighted by Gasteiger charge is 2.21. The summed E-state index contributed by atoms with van der Waals surface area (Å²) in [5, 5.41) is 1.28. The van der Waals surface area contributed by atoms with E-state index >= 15 is 0 Å². The molecule has 148 valence electrons. The number of carbonyl (C=O) groups is 1. The number of fused-ring (bicyclic) bond motifs is 1. The highest BCUT2D eigenvalue weighted by molar-refractivity contribution is 8.00. The number of halogens is 1. The van der Waals surface area contributed by atoms with Gasteiger partial charge in [0, 0.05) is 28.0 Å². The fraction of sp³-hybridized carbons (Fsp3) is 0.273. The van der Waals surface area contributed by atoms with E-state index in [2.05, 4.69) is 9.97 Å². The summed E-state index contributed by atoms with van der Waals surface area (Å²) in [6.07, 6.45) is 5.56. The first kappa shape index (κ1) is 19.9. The smallest absolute Gasteiger partial charge is 0.293 e. The summed E-state index contributed by atoms with van der Waals surface area (Å²) in [6.45, 7) is 0.420. The number of hydrogen-bond acceptors (Lipinski definition) is 5. The van der Waals surface area contributed by atoms with Crippen molar-refractivity contribution in [2.24, 2.45) is 0 Å². The number of ketones is 1. The number of rotatable bonds is 6. The fourth-order valence-electron chi connectivity index (χ4n) is 3.54. The van der Waals surface area contributed by atoms with Crippen LogP contribution in [0.4, 0.5) is 0 Å². The molecule has 0 bridgehead atoms. The van der Waals surface area contributed by atoms with Gasteiger partial charge in [0.25, 0.3) is 0 Å². The van der Waals surface area contributed by atoms with Gasteiger partial charge in [0.2, 0.25) is 0 Å².